The molecule has 1 N–H and O–H groups in total. The van der Waals surface area contributed by atoms with Crippen molar-refractivity contribution in [2.75, 3.05) is 17.7 Å². The number of thioether (sulfide) groups is 1. The Morgan fingerprint density at radius 2 is 2.24 bits per heavy atom. The molecule has 2 aromatic rings. The summed E-state index contributed by atoms with van der Waals surface area (Å²) in [5.74, 6) is -0.849. The quantitative estimate of drug-likeness (QED) is 0.857. The summed E-state index contributed by atoms with van der Waals surface area (Å²) in [6.45, 7) is 3.02. The van der Waals surface area contributed by atoms with E-state index in [1.54, 1.807) is 11.3 Å². The van der Waals surface area contributed by atoms with Gasteiger partial charge in [0.1, 0.15) is 0 Å². The zero-order chi connectivity index (χ0) is 15.0. The van der Waals surface area contributed by atoms with E-state index in [1.807, 2.05) is 24.5 Å². The Morgan fingerprint density at radius 3 is 2.95 bits per heavy atom. The van der Waals surface area contributed by atoms with Crippen molar-refractivity contribution in [3.05, 3.63) is 45.6 Å². The molecule has 0 radical (unpaired) electrons. The van der Waals surface area contributed by atoms with Gasteiger partial charge in [-0.1, -0.05) is 6.07 Å². The molecule has 0 fully saturated rings. The molecule has 2 heterocycles. The normalized spacial score (nSPS) is 17.6. The number of fused-ring (bicyclic) bond motifs is 1. The van der Waals surface area contributed by atoms with Crippen LogP contribution in [-0.2, 0) is 6.42 Å². The van der Waals surface area contributed by atoms with Crippen LogP contribution in [0.4, 0.5) is 5.69 Å². The Labute approximate surface area is 132 Å². The molecule has 0 bridgehead atoms. The first-order valence-corrected chi connectivity index (χ1v) is 8.97. The Balaban J connectivity index is 2.08. The molecule has 0 aliphatic carbocycles. The van der Waals surface area contributed by atoms with Crippen molar-refractivity contribution in [2.24, 2.45) is 0 Å². The van der Waals surface area contributed by atoms with Crippen molar-refractivity contribution in [2.45, 2.75) is 24.3 Å². The summed E-state index contributed by atoms with van der Waals surface area (Å²) >= 11 is 3.28. The van der Waals surface area contributed by atoms with Crippen LogP contribution in [0.15, 0.2) is 34.5 Å². The van der Waals surface area contributed by atoms with Crippen LogP contribution >= 0.6 is 23.1 Å². The Bertz CT molecular complexity index is 681. The maximum Gasteiger partial charge on any atom is 0.338 e. The topological polar surface area (TPSA) is 40.5 Å². The lowest BCUT2D eigenvalue weighted by molar-refractivity contribution is 0.0693. The summed E-state index contributed by atoms with van der Waals surface area (Å²) in [4.78, 5) is 16.2. The summed E-state index contributed by atoms with van der Waals surface area (Å²) in [5, 5.41) is 11.7. The first kappa shape index (κ1) is 14.5. The van der Waals surface area contributed by atoms with Crippen LogP contribution in [0.3, 0.4) is 0 Å². The highest BCUT2D eigenvalue weighted by Crippen LogP contribution is 2.39. The van der Waals surface area contributed by atoms with Gasteiger partial charge in [0, 0.05) is 16.3 Å². The lowest BCUT2D eigenvalue weighted by Crippen LogP contribution is -2.34. The molecule has 3 rings (SSSR count). The molecular formula is C16H17NO2S2. The first-order chi connectivity index (χ1) is 10.1. The summed E-state index contributed by atoms with van der Waals surface area (Å²) in [7, 11) is 0. The minimum absolute atomic E-state index is 0.218. The van der Waals surface area contributed by atoms with E-state index in [4.69, 9.17) is 0 Å². The van der Waals surface area contributed by atoms with Gasteiger partial charge in [0.2, 0.25) is 0 Å². The predicted octanol–water partition coefficient (Wildman–Crippen LogP) is 4.29. The third-order valence-corrected chi connectivity index (χ3v) is 5.80. The van der Waals surface area contributed by atoms with E-state index in [0.29, 0.717) is 5.56 Å². The molecule has 1 aliphatic heterocycles. The van der Waals surface area contributed by atoms with Crippen LogP contribution in [0.1, 0.15) is 33.8 Å². The highest BCUT2D eigenvalue weighted by molar-refractivity contribution is 7.98. The Hall–Kier alpha value is -1.46. The third kappa shape index (κ3) is 2.45. The zero-order valence-electron chi connectivity index (χ0n) is 12.0. The number of benzene rings is 1. The van der Waals surface area contributed by atoms with Crippen molar-refractivity contribution in [3.63, 3.8) is 0 Å². The molecule has 1 aliphatic rings. The van der Waals surface area contributed by atoms with E-state index in [2.05, 4.69) is 23.3 Å². The summed E-state index contributed by atoms with van der Waals surface area (Å²) < 4.78 is 0. The van der Waals surface area contributed by atoms with Crippen LogP contribution in [0.25, 0.3) is 0 Å². The zero-order valence-corrected chi connectivity index (χ0v) is 13.6. The predicted molar refractivity (Wildman–Crippen MR) is 89.0 cm³/mol. The molecule has 21 heavy (non-hydrogen) atoms. The highest BCUT2D eigenvalue weighted by Gasteiger charge is 2.28. The SMILES string of the molecule is CSc1cccc(N2CCc3sccc3C2C)c1C(=O)O. The molecule has 0 amide bonds. The maximum atomic E-state index is 11.7. The molecular weight excluding hydrogens is 302 g/mol. The minimum atomic E-state index is -0.849. The van der Waals surface area contributed by atoms with Gasteiger partial charge in [0.05, 0.1) is 17.3 Å². The van der Waals surface area contributed by atoms with Crippen LogP contribution in [0.2, 0.25) is 0 Å². The third-order valence-electron chi connectivity index (χ3n) is 4.02. The van der Waals surface area contributed by atoms with Gasteiger partial charge in [-0.05, 0) is 48.7 Å². The molecule has 0 saturated heterocycles. The van der Waals surface area contributed by atoms with Crippen molar-refractivity contribution in [1.29, 1.82) is 0 Å². The Morgan fingerprint density at radius 1 is 1.43 bits per heavy atom. The van der Waals surface area contributed by atoms with E-state index in [-0.39, 0.29) is 6.04 Å². The smallest absolute Gasteiger partial charge is 0.338 e. The van der Waals surface area contributed by atoms with Crippen molar-refractivity contribution < 1.29 is 9.90 Å². The number of hydrogen-bond donors (Lipinski definition) is 1. The number of anilines is 1. The summed E-state index contributed by atoms with van der Waals surface area (Å²) in [6.07, 6.45) is 2.90. The first-order valence-electron chi connectivity index (χ1n) is 6.86. The Kier molecular flexibility index (Phi) is 3.95. The lowest BCUT2D eigenvalue weighted by Gasteiger charge is -2.36. The second-order valence-corrected chi connectivity index (χ2v) is 6.93. The van der Waals surface area contributed by atoms with Crippen LogP contribution < -0.4 is 4.90 Å². The van der Waals surface area contributed by atoms with Crippen molar-refractivity contribution in [1.82, 2.24) is 0 Å². The number of thiophene rings is 1. The van der Waals surface area contributed by atoms with E-state index in [9.17, 15) is 9.90 Å². The average molecular weight is 319 g/mol. The fourth-order valence-electron chi connectivity index (χ4n) is 2.98. The fourth-order valence-corrected chi connectivity index (χ4v) is 4.56. The molecule has 1 unspecified atom stereocenters. The molecule has 0 saturated carbocycles. The largest absolute Gasteiger partial charge is 0.478 e. The number of hydrogen-bond acceptors (Lipinski definition) is 4. The van der Waals surface area contributed by atoms with Gasteiger partial charge in [0.15, 0.2) is 0 Å². The van der Waals surface area contributed by atoms with Crippen molar-refractivity contribution in [3.8, 4) is 0 Å². The number of nitrogens with zero attached hydrogens (tertiary/aromatic N) is 1. The number of aromatic carboxylic acids is 1. The van der Waals surface area contributed by atoms with E-state index in [0.717, 1.165) is 23.5 Å². The number of carbonyl (C=O) groups is 1. The van der Waals surface area contributed by atoms with E-state index >= 15 is 0 Å². The van der Waals surface area contributed by atoms with Gasteiger partial charge < -0.3 is 10.0 Å². The summed E-state index contributed by atoms with van der Waals surface area (Å²) in [5.41, 5.74) is 2.59. The molecule has 5 heteroatoms. The van der Waals surface area contributed by atoms with Gasteiger partial charge in [-0.15, -0.1) is 23.1 Å². The minimum Gasteiger partial charge on any atom is -0.478 e. The number of rotatable bonds is 3. The standard InChI is InChI=1S/C16H17NO2S2/c1-10-11-7-9-21-13(11)6-8-17(10)12-4-3-5-14(20-2)15(12)16(18)19/h3-5,7,9-10H,6,8H2,1-2H3,(H,18,19). The summed E-state index contributed by atoms with van der Waals surface area (Å²) in [6, 6.07) is 8.13. The van der Waals surface area contributed by atoms with Gasteiger partial charge >= 0.3 is 5.97 Å². The molecule has 1 aromatic carbocycles. The molecule has 1 aromatic heterocycles. The average Bonchev–Trinajstić information content (AvgIpc) is 2.96. The van der Waals surface area contributed by atoms with E-state index in [1.165, 1.54) is 22.2 Å². The molecule has 3 nitrogen and oxygen atoms in total. The second-order valence-electron chi connectivity index (χ2n) is 5.08. The van der Waals surface area contributed by atoms with Crippen LogP contribution in [0, 0.1) is 0 Å². The fraction of sp³-hybridized carbons (Fsp3) is 0.312. The van der Waals surface area contributed by atoms with Crippen LogP contribution in [0.5, 0.6) is 0 Å². The van der Waals surface area contributed by atoms with Gasteiger partial charge in [0.25, 0.3) is 0 Å². The van der Waals surface area contributed by atoms with Crippen LogP contribution in [-0.4, -0.2) is 23.9 Å². The van der Waals surface area contributed by atoms with Crippen molar-refractivity contribution >= 4 is 34.8 Å². The lowest BCUT2D eigenvalue weighted by atomic mass is 9.99. The number of carboxylic acids is 1. The van der Waals surface area contributed by atoms with Gasteiger partial charge in [-0.25, -0.2) is 4.79 Å². The highest BCUT2D eigenvalue weighted by atomic mass is 32.2. The molecule has 110 valence electrons. The maximum absolute atomic E-state index is 11.7. The van der Waals surface area contributed by atoms with Gasteiger partial charge in [-0.2, -0.15) is 0 Å². The monoisotopic (exact) mass is 319 g/mol. The molecule has 0 spiro atoms. The number of carboxylic acid groups (broad SMARTS) is 1. The second kappa shape index (κ2) is 5.73. The molecule has 1 atom stereocenters. The van der Waals surface area contributed by atoms with E-state index < -0.39 is 5.97 Å². The van der Waals surface area contributed by atoms with Gasteiger partial charge in [-0.3, -0.25) is 0 Å².